The van der Waals surface area contributed by atoms with E-state index in [0.717, 1.165) is 5.56 Å². The van der Waals surface area contributed by atoms with Crippen molar-refractivity contribution in [3.8, 4) is 0 Å². The molecule has 0 saturated carbocycles. The minimum absolute atomic E-state index is 0.0956. The Morgan fingerprint density at radius 2 is 1.90 bits per heavy atom. The molecule has 2 amide bonds. The highest BCUT2D eigenvalue weighted by Crippen LogP contribution is 2.25. The van der Waals surface area contributed by atoms with Crippen molar-refractivity contribution in [2.75, 3.05) is 10.6 Å². The molecule has 2 aromatic carbocycles. The molecule has 0 radical (unpaired) electrons. The molecule has 0 saturated heterocycles. The SMILES string of the molecule is Cc1cccc(Cl)c1NC(=O)Nc1cccc([N+](=O)[O-])c1. The summed E-state index contributed by atoms with van der Waals surface area (Å²) in [5, 5.41) is 16.3. The maximum Gasteiger partial charge on any atom is 0.323 e. The molecule has 108 valence electrons. The van der Waals surface area contributed by atoms with Crippen molar-refractivity contribution >= 4 is 34.7 Å². The standard InChI is InChI=1S/C14H12ClN3O3/c1-9-4-2-7-12(15)13(9)17-14(19)16-10-5-3-6-11(8-10)18(20)21/h2-8H,1H3,(H2,16,17,19). The zero-order chi connectivity index (χ0) is 15.4. The van der Waals surface area contributed by atoms with Crippen LogP contribution < -0.4 is 10.6 Å². The first kappa shape index (κ1) is 14.8. The Labute approximate surface area is 125 Å². The van der Waals surface area contributed by atoms with E-state index < -0.39 is 11.0 Å². The van der Waals surface area contributed by atoms with E-state index in [2.05, 4.69) is 10.6 Å². The van der Waals surface area contributed by atoms with Crippen LogP contribution in [0.3, 0.4) is 0 Å². The van der Waals surface area contributed by atoms with E-state index in [1.165, 1.54) is 18.2 Å². The number of hydrogen-bond acceptors (Lipinski definition) is 3. The van der Waals surface area contributed by atoms with E-state index >= 15 is 0 Å². The number of nitro groups is 1. The molecule has 2 N–H and O–H groups in total. The number of halogens is 1. The van der Waals surface area contributed by atoms with Gasteiger partial charge in [-0.2, -0.15) is 0 Å². The maximum atomic E-state index is 11.9. The van der Waals surface area contributed by atoms with Crippen LogP contribution in [-0.4, -0.2) is 11.0 Å². The van der Waals surface area contributed by atoms with Gasteiger partial charge in [0.05, 0.1) is 15.6 Å². The number of carbonyl (C=O) groups excluding carboxylic acids is 1. The lowest BCUT2D eigenvalue weighted by atomic mass is 10.2. The number of nitrogens with zero attached hydrogens (tertiary/aromatic N) is 1. The third-order valence-electron chi connectivity index (χ3n) is 2.78. The van der Waals surface area contributed by atoms with Crippen molar-refractivity contribution in [3.63, 3.8) is 0 Å². The molecular formula is C14H12ClN3O3. The molecule has 0 atom stereocenters. The fourth-order valence-corrected chi connectivity index (χ4v) is 2.03. The number of nitrogens with one attached hydrogen (secondary N) is 2. The van der Waals surface area contributed by atoms with Gasteiger partial charge in [0, 0.05) is 17.8 Å². The average Bonchev–Trinajstić information content (AvgIpc) is 2.43. The van der Waals surface area contributed by atoms with Crippen molar-refractivity contribution in [2.45, 2.75) is 6.92 Å². The van der Waals surface area contributed by atoms with Gasteiger partial charge in [-0.1, -0.05) is 29.8 Å². The number of aryl methyl sites for hydroxylation is 1. The second-order valence-corrected chi connectivity index (χ2v) is 4.73. The molecule has 0 unspecified atom stereocenters. The van der Waals surface area contributed by atoms with Crippen molar-refractivity contribution in [1.82, 2.24) is 0 Å². The van der Waals surface area contributed by atoms with Gasteiger partial charge in [0.2, 0.25) is 0 Å². The van der Waals surface area contributed by atoms with Crippen LogP contribution in [0, 0.1) is 17.0 Å². The monoisotopic (exact) mass is 305 g/mol. The summed E-state index contributed by atoms with van der Waals surface area (Å²) in [6.45, 7) is 1.81. The maximum absolute atomic E-state index is 11.9. The molecule has 0 fully saturated rings. The summed E-state index contributed by atoms with van der Waals surface area (Å²) in [5.41, 5.74) is 1.55. The lowest BCUT2D eigenvalue weighted by Gasteiger charge is -2.11. The summed E-state index contributed by atoms with van der Waals surface area (Å²) in [5.74, 6) is 0. The van der Waals surface area contributed by atoms with Crippen LogP contribution in [0.5, 0.6) is 0 Å². The van der Waals surface area contributed by atoms with Crippen LogP contribution in [0.15, 0.2) is 42.5 Å². The van der Waals surface area contributed by atoms with E-state index in [1.54, 1.807) is 18.2 Å². The second-order valence-electron chi connectivity index (χ2n) is 4.32. The number of hydrogen-bond donors (Lipinski definition) is 2. The molecule has 6 nitrogen and oxygen atoms in total. The molecule has 0 bridgehead atoms. The van der Waals surface area contributed by atoms with Crippen LogP contribution >= 0.6 is 11.6 Å². The number of non-ortho nitro benzene ring substituents is 1. The number of carbonyl (C=O) groups is 1. The highest BCUT2D eigenvalue weighted by atomic mass is 35.5. The van der Waals surface area contributed by atoms with E-state index in [9.17, 15) is 14.9 Å². The Bertz CT molecular complexity index is 683. The molecule has 21 heavy (non-hydrogen) atoms. The predicted molar refractivity (Wildman–Crippen MR) is 81.9 cm³/mol. The number of rotatable bonds is 3. The van der Waals surface area contributed by atoms with E-state index in [-0.39, 0.29) is 5.69 Å². The quantitative estimate of drug-likeness (QED) is 0.658. The first-order valence-electron chi connectivity index (χ1n) is 6.05. The number of urea groups is 1. The van der Waals surface area contributed by atoms with Gasteiger partial charge in [0.25, 0.3) is 5.69 Å². The van der Waals surface area contributed by atoms with Crippen molar-refractivity contribution in [1.29, 1.82) is 0 Å². The molecule has 0 heterocycles. The molecule has 2 rings (SSSR count). The summed E-state index contributed by atoms with van der Waals surface area (Å²) in [7, 11) is 0. The largest absolute Gasteiger partial charge is 0.323 e. The molecule has 0 aliphatic carbocycles. The fraction of sp³-hybridized carbons (Fsp3) is 0.0714. The zero-order valence-corrected chi connectivity index (χ0v) is 11.8. The number of para-hydroxylation sites is 1. The number of benzene rings is 2. The molecular weight excluding hydrogens is 294 g/mol. The van der Waals surface area contributed by atoms with Crippen LogP contribution in [0.2, 0.25) is 5.02 Å². The van der Waals surface area contributed by atoms with Crippen LogP contribution in [-0.2, 0) is 0 Å². The first-order valence-corrected chi connectivity index (χ1v) is 6.43. The Morgan fingerprint density at radius 1 is 1.19 bits per heavy atom. The third-order valence-corrected chi connectivity index (χ3v) is 3.09. The Kier molecular flexibility index (Phi) is 4.39. The normalized spacial score (nSPS) is 10.0. The second kappa shape index (κ2) is 6.23. The Morgan fingerprint density at radius 3 is 2.57 bits per heavy atom. The van der Waals surface area contributed by atoms with Crippen molar-refractivity contribution in [3.05, 3.63) is 63.2 Å². The summed E-state index contributed by atoms with van der Waals surface area (Å²) in [6.07, 6.45) is 0. The third kappa shape index (κ3) is 3.70. The summed E-state index contributed by atoms with van der Waals surface area (Å²) in [6, 6.07) is 10.4. The molecule has 7 heteroatoms. The lowest BCUT2D eigenvalue weighted by Crippen LogP contribution is -2.20. The van der Waals surface area contributed by atoms with Crippen LogP contribution in [0.25, 0.3) is 0 Å². The van der Waals surface area contributed by atoms with Crippen molar-refractivity contribution < 1.29 is 9.72 Å². The zero-order valence-electron chi connectivity index (χ0n) is 11.1. The smallest absolute Gasteiger partial charge is 0.307 e. The lowest BCUT2D eigenvalue weighted by molar-refractivity contribution is -0.384. The van der Waals surface area contributed by atoms with E-state index in [4.69, 9.17) is 11.6 Å². The van der Waals surface area contributed by atoms with Gasteiger partial charge in [0.15, 0.2) is 0 Å². The molecule has 0 aliphatic heterocycles. The number of anilines is 2. The van der Waals surface area contributed by atoms with Gasteiger partial charge >= 0.3 is 6.03 Å². The van der Waals surface area contributed by atoms with Crippen LogP contribution in [0.1, 0.15) is 5.56 Å². The van der Waals surface area contributed by atoms with Gasteiger partial charge in [-0.25, -0.2) is 4.79 Å². The van der Waals surface area contributed by atoms with Gasteiger partial charge < -0.3 is 10.6 Å². The van der Waals surface area contributed by atoms with Crippen LogP contribution in [0.4, 0.5) is 21.9 Å². The topological polar surface area (TPSA) is 84.3 Å². The predicted octanol–water partition coefficient (Wildman–Crippen LogP) is 4.20. The first-order chi connectivity index (χ1) is 9.97. The molecule has 0 spiro atoms. The minimum atomic E-state index is -0.526. The number of amides is 2. The van der Waals surface area contributed by atoms with E-state index in [0.29, 0.717) is 16.4 Å². The van der Waals surface area contributed by atoms with Crippen molar-refractivity contribution in [2.24, 2.45) is 0 Å². The van der Waals surface area contributed by atoms with Gasteiger partial charge in [-0.15, -0.1) is 0 Å². The van der Waals surface area contributed by atoms with Gasteiger partial charge in [0.1, 0.15) is 0 Å². The molecule has 2 aromatic rings. The highest BCUT2D eigenvalue weighted by molar-refractivity contribution is 6.34. The van der Waals surface area contributed by atoms with Gasteiger partial charge in [-0.3, -0.25) is 10.1 Å². The summed E-state index contributed by atoms with van der Waals surface area (Å²) in [4.78, 5) is 22.1. The highest BCUT2D eigenvalue weighted by Gasteiger charge is 2.10. The summed E-state index contributed by atoms with van der Waals surface area (Å²) >= 11 is 6.01. The minimum Gasteiger partial charge on any atom is -0.307 e. The molecule has 0 aromatic heterocycles. The Balaban J connectivity index is 2.12. The average molecular weight is 306 g/mol. The number of nitro benzene ring substituents is 1. The Hall–Kier alpha value is -2.60. The van der Waals surface area contributed by atoms with Gasteiger partial charge in [-0.05, 0) is 24.6 Å². The van der Waals surface area contributed by atoms with E-state index in [1.807, 2.05) is 13.0 Å². The summed E-state index contributed by atoms with van der Waals surface area (Å²) < 4.78 is 0. The molecule has 0 aliphatic rings. The fourth-order valence-electron chi connectivity index (χ4n) is 1.76.